The second-order valence-electron chi connectivity index (χ2n) is 11.0. The molecule has 1 unspecified atom stereocenters. The summed E-state index contributed by atoms with van der Waals surface area (Å²) >= 11 is 19.4. The molecule has 1 N–H and O–H groups in total. The highest BCUT2D eigenvalue weighted by atomic mass is 35.5. The van der Waals surface area contributed by atoms with Gasteiger partial charge in [-0.05, 0) is 75.6 Å². The number of aryl methyl sites for hydroxylation is 1. The first-order valence-electron chi connectivity index (χ1n) is 14.3. The van der Waals surface area contributed by atoms with Gasteiger partial charge in [0.1, 0.15) is 12.6 Å². The number of anilines is 1. The van der Waals surface area contributed by atoms with Crippen LogP contribution in [0.1, 0.15) is 55.7 Å². The summed E-state index contributed by atoms with van der Waals surface area (Å²) in [5.74, 6) is -0.923. The van der Waals surface area contributed by atoms with E-state index in [4.69, 9.17) is 34.8 Å². The molecule has 7 nitrogen and oxygen atoms in total. The number of halogens is 3. The summed E-state index contributed by atoms with van der Waals surface area (Å²) in [4.78, 5) is 29.1. The fourth-order valence-corrected chi connectivity index (χ4v) is 7.38. The van der Waals surface area contributed by atoms with Crippen LogP contribution in [0.3, 0.4) is 0 Å². The lowest BCUT2D eigenvalue weighted by Gasteiger charge is -2.34. The zero-order chi connectivity index (χ0) is 31.3. The van der Waals surface area contributed by atoms with Crippen molar-refractivity contribution in [2.45, 2.75) is 76.4 Å². The minimum Gasteiger partial charge on any atom is -0.352 e. The van der Waals surface area contributed by atoms with Crippen molar-refractivity contribution in [2.75, 3.05) is 10.8 Å². The molecule has 0 heterocycles. The minimum absolute atomic E-state index is 0.0223. The van der Waals surface area contributed by atoms with Gasteiger partial charge in [0.2, 0.25) is 11.8 Å². The van der Waals surface area contributed by atoms with E-state index >= 15 is 0 Å². The van der Waals surface area contributed by atoms with Crippen molar-refractivity contribution in [1.29, 1.82) is 0 Å². The number of hydrogen-bond acceptors (Lipinski definition) is 4. The van der Waals surface area contributed by atoms with Gasteiger partial charge in [-0.15, -0.1) is 0 Å². The van der Waals surface area contributed by atoms with E-state index < -0.39 is 28.5 Å². The zero-order valence-electron chi connectivity index (χ0n) is 24.4. The molecule has 1 aliphatic rings. The van der Waals surface area contributed by atoms with Crippen molar-refractivity contribution >= 4 is 62.3 Å². The van der Waals surface area contributed by atoms with Gasteiger partial charge < -0.3 is 10.2 Å². The van der Waals surface area contributed by atoms with Crippen LogP contribution < -0.4 is 9.62 Å². The lowest BCUT2D eigenvalue weighted by Crippen LogP contribution is -2.53. The summed E-state index contributed by atoms with van der Waals surface area (Å²) in [5, 5.41) is 4.11. The Bertz CT molecular complexity index is 1550. The number of sulfonamides is 1. The van der Waals surface area contributed by atoms with Crippen LogP contribution in [-0.2, 0) is 26.2 Å². The Hall–Kier alpha value is -2.78. The molecule has 230 valence electrons. The Morgan fingerprint density at radius 1 is 0.884 bits per heavy atom. The maximum atomic E-state index is 14.2. The molecule has 3 aromatic rings. The maximum absolute atomic E-state index is 14.2. The fourth-order valence-electron chi connectivity index (χ4n) is 5.22. The first kappa shape index (κ1) is 33.1. The molecular formula is C32H36Cl3N3O4S. The molecule has 1 atom stereocenters. The molecular weight excluding hydrogens is 629 g/mol. The van der Waals surface area contributed by atoms with Crippen molar-refractivity contribution in [1.82, 2.24) is 10.2 Å². The summed E-state index contributed by atoms with van der Waals surface area (Å²) in [6.45, 7) is 4.51. The number of nitrogens with zero attached hydrogens (tertiary/aromatic N) is 2. The second kappa shape index (κ2) is 14.3. The first-order valence-corrected chi connectivity index (χ1v) is 16.8. The largest absolute Gasteiger partial charge is 0.352 e. The van der Waals surface area contributed by atoms with Gasteiger partial charge in [0.15, 0.2) is 0 Å². The number of nitrogens with one attached hydrogen (secondary N) is 1. The lowest BCUT2D eigenvalue weighted by molar-refractivity contribution is -0.139. The Morgan fingerprint density at radius 2 is 1.47 bits per heavy atom. The number of benzene rings is 3. The van der Waals surface area contributed by atoms with Crippen molar-refractivity contribution in [3.63, 3.8) is 0 Å². The van der Waals surface area contributed by atoms with E-state index in [1.54, 1.807) is 62.4 Å². The Morgan fingerprint density at radius 3 is 2.09 bits per heavy atom. The van der Waals surface area contributed by atoms with E-state index in [-0.39, 0.29) is 29.1 Å². The molecule has 0 bridgehead atoms. The molecule has 0 spiro atoms. The van der Waals surface area contributed by atoms with Gasteiger partial charge >= 0.3 is 0 Å². The monoisotopic (exact) mass is 663 g/mol. The molecule has 0 radical (unpaired) electrons. The Kier molecular flexibility index (Phi) is 11.0. The van der Waals surface area contributed by atoms with E-state index in [1.807, 2.05) is 6.92 Å². The Balaban J connectivity index is 1.74. The van der Waals surface area contributed by atoms with Gasteiger partial charge in [-0.1, -0.05) is 83.9 Å². The maximum Gasteiger partial charge on any atom is 0.264 e. The van der Waals surface area contributed by atoms with Crippen molar-refractivity contribution < 1.29 is 18.0 Å². The Labute approximate surface area is 269 Å². The molecule has 43 heavy (non-hydrogen) atoms. The van der Waals surface area contributed by atoms with E-state index in [0.29, 0.717) is 26.2 Å². The summed E-state index contributed by atoms with van der Waals surface area (Å²) in [7, 11) is -4.22. The molecule has 1 saturated carbocycles. The standard InChI is InChI=1S/C32H36Cl3N3O4S/c1-21-15-17-25(18-16-21)43(41,42)38(30-14-8-11-27(33)22(30)2)20-31(39)37(19-26-28(34)12-7-13-29(26)35)23(3)32(40)36-24-9-5-4-6-10-24/h7-8,11-18,23-24H,4-6,9-10,19-20H2,1-3H3,(H,36,40). The van der Waals surface area contributed by atoms with E-state index in [0.717, 1.165) is 42.0 Å². The number of hydrogen-bond donors (Lipinski definition) is 1. The van der Waals surface area contributed by atoms with Gasteiger partial charge in [0.05, 0.1) is 10.6 Å². The highest BCUT2D eigenvalue weighted by Crippen LogP contribution is 2.32. The number of rotatable bonds is 10. The van der Waals surface area contributed by atoms with Crippen molar-refractivity contribution in [3.05, 3.63) is 92.4 Å². The van der Waals surface area contributed by atoms with Crippen molar-refractivity contribution in [2.24, 2.45) is 0 Å². The predicted octanol–water partition coefficient (Wildman–Crippen LogP) is 7.33. The topological polar surface area (TPSA) is 86.8 Å². The normalized spacial score (nSPS) is 14.7. The fraction of sp³-hybridized carbons (Fsp3) is 0.375. The summed E-state index contributed by atoms with van der Waals surface area (Å²) in [6, 6.07) is 15.4. The SMILES string of the molecule is Cc1ccc(S(=O)(=O)N(CC(=O)N(Cc2c(Cl)cccc2Cl)C(C)C(=O)NC2CCCCC2)c2cccc(Cl)c2C)cc1. The smallest absolute Gasteiger partial charge is 0.264 e. The van der Waals surface area contributed by atoms with Crippen LogP contribution in [0.4, 0.5) is 5.69 Å². The quantitative estimate of drug-likeness (QED) is 0.246. The van der Waals surface area contributed by atoms with Crippen LogP contribution in [0, 0.1) is 13.8 Å². The molecule has 11 heteroatoms. The van der Waals surface area contributed by atoms with Crippen molar-refractivity contribution in [3.8, 4) is 0 Å². The number of carbonyl (C=O) groups is 2. The molecule has 0 aromatic heterocycles. The highest BCUT2D eigenvalue weighted by Gasteiger charge is 2.34. The lowest BCUT2D eigenvalue weighted by atomic mass is 9.95. The summed E-state index contributed by atoms with van der Waals surface area (Å²) in [6.07, 6.45) is 4.94. The molecule has 4 rings (SSSR count). The highest BCUT2D eigenvalue weighted by molar-refractivity contribution is 7.92. The first-order chi connectivity index (χ1) is 20.4. The van der Waals surface area contributed by atoms with Crippen LogP contribution >= 0.6 is 34.8 Å². The average Bonchev–Trinajstić information content (AvgIpc) is 2.97. The van der Waals surface area contributed by atoms with Gasteiger partial charge in [-0.3, -0.25) is 13.9 Å². The van der Waals surface area contributed by atoms with Crippen LogP contribution in [0.15, 0.2) is 65.6 Å². The van der Waals surface area contributed by atoms with Crippen LogP contribution in [0.25, 0.3) is 0 Å². The third-order valence-electron chi connectivity index (χ3n) is 7.90. The predicted molar refractivity (Wildman–Crippen MR) is 173 cm³/mol. The molecule has 2 amide bonds. The molecule has 1 aliphatic carbocycles. The summed E-state index contributed by atoms with van der Waals surface area (Å²) in [5.41, 5.74) is 2.11. The second-order valence-corrected chi connectivity index (χ2v) is 14.0. The van der Waals surface area contributed by atoms with Gasteiger partial charge in [0, 0.05) is 33.2 Å². The number of carbonyl (C=O) groups excluding carboxylic acids is 2. The zero-order valence-corrected chi connectivity index (χ0v) is 27.5. The summed E-state index contributed by atoms with van der Waals surface area (Å²) < 4.78 is 29.2. The van der Waals surface area contributed by atoms with E-state index in [1.165, 1.54) is 17.0 Å². The van der Waals surface area contributed by atoms with Crippen LogP contribution in [0.5, 0.6) is 0 Å². The average molecular weight is 665 g/mol. The molecule has 0 aliphatic heterocycles. The third kappa shape index (κ3) is 7.85. The van der Waals surface area contributed by atoms with E-state index in [2.05, 4.69) is 5.32 Å². The third-order valence-corrected chi connectivity index (χ3v) is 10.8. The van der Waals surface area contributed by atoms with E-state index in [9.17, 15) is 18.0 Å². The number of amides is 2. The van der Waals surface area contributed by atoms with Gasteiger partial charge in [-0.2, -0.15) is 0 Å². The van der Waals surface area contributed by atoms with Crippen LogP contribution in [-0.4, -0.2) is 43.8 Å². The molecule has 3 aromatic carbocycles. The van der Waals surface area contributed by atoms with Gasteiger partial charge in [-0.25, -0.2) is 8.42 Å². The molecule has 1 fully saturated rings. The minimum atomic E-state index is -4.22. The molecule has 0 saturated heterocycles. The van der Waals surface area contributed by atoms with Gasteiger partial charge in [0.25, 0.3) is 10.0 Å². The van der Waals surface area contributed by atoms with Crippen LogP contribution in [0.2, 0.25) is 15.1 Å².